The lowest BCUT2D eigenvalue weighted by atomic mass is 10.0. The van der Waals surface area contributed by atoms with Crippen molar-refractivity contribution in [3.63, 3.8) is 0 Å². The van der Waals surface area contributed by atoms with Gasteiger partial charge in [-0.15, -0.1) is 0 Å². The van der Waals surface area contributed by atoms with Crippen molar-refractivity contribution >= 4 is 8.80 Å². The lowest BCUT2D eigenvalue weighted by Gasteiger charge is -2.41. The van der Waals surface area contributed by atoms with Gasteiger partial charge >= 0.3 is 0 Å². The molecule has 0 nitrogen and oxygen atoms in total. The minimum absolute atomic E-state index is 0.395. The largest absolute Gasteiger partial charge is 0.0654 e. The molecule has 2 unspecified atom stereocenters. The molecule has 18 heavy (non-hydrogen) atoms. The summed E-state index contributed by atoms with van der Waals surface area (Å²) in [6.45, 7) is 14.6. The molecule has 0 radical (unpaired) electrons. The lowest BCUT2D eigenvalue weighted by Crippen LogP contribution is -2.43. The first-order valence-corrected chi connectivity index (χ1v) is 9.41. The fraction of sp³-hybridized carbons (Fsp3) is 0.647. The topological polar surface area (TPSA) is 0 Å². The number of hydrogen-bond donors (Lipinski definition) is 0. The summed E-state index contributed by atoms with van der Waals surface area (Å²) in [5.74, 6) is 0. The molecule has 1 aromatic rings. The van der Waals surface area contributed by atoms with Crippen LogP contribution in [0.1, 0.15) is 59.9 Å². The summed E-state index contributed by atoms with van der Waals surface area (Å²) in [6.07, 6.45) is 2.66. The molecule has 1 heteroatoms. The van der Waals surface area contributed by atoms with Crippen LogP contribution in [-0.4, -0.2) is 8.80 Å². The Morgan fingerprint density at radius 2 is 1.39 bits per heavy atom. The number of hydrogen-bond acceptors (Lipinski definition) is 0. The van der Waals surface area contributed by atoms with E-state index in [0.717, 1.165) is 11.1 Å². The molecule has 0 fully saturated rings. The Labute approximate surface area is 115 Å². The van der Waals surface area contributed by atoms with Gasteiger partial charge in [0.2, 0.25) is 0 Å². The van der Waals surface area contributed by atoms with E-state index in [2.05, 4.69) is 71.9 Å². The van der Waals surface area contributed by atoms with Gasteiger partial charge in [-0.25, -0.2) is 0 Å². The first-order chi connectivity index (χ1) is 8.45. The van der Waals surface area contributed by atoms with Crippen LogP contribution < -0.4 is 0 Å². The highest BCUT2D eigenvalue weighted by Crippen LogP contribution is 2.40. The highest BCUT2D eigenvalue weighted by molar-refractivity contribution is 6.65. The van der Waals surface area contributed by atoms with Crippen molar-refractivity contribution in [2.75, 3.05) is 0 Å². The van der Waals surface area contributed by atoms with Crippen molar-refractivity contribution in [2.45, 2.75) is 70.5 Å². The Kier molecular flexibility index (Phi) is 5.65. The van der Waals surface area contributed by atoms with Crippen LogP contribution in [-0.2, 0) is 5.04 Å². The molecular weight excluding hydrogens is 232 g/mol. The zero-order valence-electron chi connectivity index (χ0n) is 13.0. The van der Waals surface area contributed by atoms with Crippen molar-refractivity contribution in [2.24, 2.45) is 0 Å². The predicted molar refractivity (Wildman–Crippen MR) is 86.0 cm³/mol. The summed E-state index contributed by atoms with van der Waals surface area (Å²) in [5.41, 5.74) is 3.37. The molecule has 2 atom stereocenters. The quantitative estimate of drug-likeness (QED) is 0.608. The molecule has 0 saturated carbocycles. The van der Waals surface area contributed by atoms with Crippen molar-refractivity contribution in [1.29, 1.82) is 0 Å². The maximum absolute atomic E-state index is 2.48. The van der Waals surface area contributed by atoms with Crippen LogP contribution in [0.5, 0.6) is 0 Å². The van der Waals surface area contributed by atoms with Crippen molar-refractivity contribution in [3.05, 3.63) is 35.9 Å². The van der Waals surface area contributed by atoms with Crippen LogP contribution in [0.25, 0.3) is 0 Å². The summed E-state index contributed by atoms with van der Waals surface area (Å²) in [6, 6.07) is 11.2. The normalized spacial score (nSPS) is 17.2. The van der Waals surface area contributed by atoms with Gasteiger partial charge in [0, 0.05) is 0 Å². The average Bonchev–Trinajstić information content (AvgIpc) is 2.39. The van der Waals surface area contributed by atoms with Crippen molar-refractivity contribution in [1.82, 2.24) is 0 Å². The standard InChI is InChI=1S/C17H30Si/c1-7-14(3)18(15(4)8-2)17(5,6)16-12-10-9-11-13-16/h9-15,18H,7-8H2,1-6H3. The minimum Gasteiger partial charge on any atom is -0.0654 e. The third kappa shape index (κ3) is 3.26. The van der Waals surface area contributed by atoms with E-state index in [0.29, 0.717) is 5.04 Å². The van der Waals surface area contributed by atoms with Gasteiger partial charge in [0.25, 0.3) is 0 Å². The fourth-order valence-corrected chi connectivity index (χ4v) is 9.11. The predicted octanol–water partition coefficient (Wildman–Crippen LogP) is 5.33. The van der Waals surface area contributed by atoms with E-state index < -0.39 is 8.80 Å². The molecule has 0 spiro atoms. The highest BCUT2D eigenvalue weighted by Gasteiger charge is 2.38. The molecule has 0 heterocycles. The number of rotatable bonds is 6. The Balaban J connectivity index is 3.11. The molecule has 102 valence electrons. The van der Waals surface area contributed by atoms with Crippen LogP contribution in [0.2, 0.25) is 11.1 Å². The van der Waals surface area contributed by atoms with E-state index in [1.807, 2.05) is 0 Å². The van der Waals surface area contributed by atoms with Crippen LogP contribution in [0.4, 0.5) is 0 Å². The average molecular weight is 263 g/mol. The third-order valence-corrected chi connectivity index (χ3v) is 10.3. The van der Waals surface area contributed by atoms with E-state index in [9.17, 15) is 0 Å². The maximum Gasteiger partial charge on any atom is 0.0536 e. The molecule has 0 saturated heterocycles. The minimum atomic E-state index is -0.858. The summed E-state index contributed by atoms with van der Waals surface area (Å²) in [4.78, 5) is 0. The zero-order chi connectivity index (χ0) is 13.8. The number of benzene rings is 1. The molecule has 0 aliphatic carbocycles. The Morgan fingerprint density at radius 3 is 1.78 bits per heavy atom. The van der Waals surface area contributed by atoms with Gasteiger partial charge in [0.15, 0.2) is 0 Å². The van der Waals surface area contributed by atoms with Gasteiger partial charge < -0.3 is 0 Å². The molecule has 0 aliphatic heterocycles. The Hall–Kier alpha value is -0.563. The lowest BCUT2D eigenvalue weighted by molar-refractivity contribution is 0.650. The molecule has 0 bridgehead atoms. The van der Waals surface area contributed by atoms with E-state index in [4.69, 9.17) is 0 Å². The van der Waals surface area contributed by atoms with Gasteiger partial charge in [-0.3, -0.25) is 0 Å². The Morgan fingerprint density at radius 1 is 0.944 bits per heavy atom. The molecule has 1 aromatic carbocycles. The van der Waals surface area contributed by atoms with E-state index >= 15 is 0 Å². The maximum atomic E-state index is 2.48. The summed E-state index contributed by atoms with van der Waals surface area (Å²) in [7, 11) is -0.858. The summed E-state index contributed by atoms with van der Waals surface area (Å²) in [5, 5.41) is 0.395. The highest BCUT2D eigenvalue weighted by atomic mass is 28.3. The molecule has 1 rings (SSSR count). The van der Waals surface area contributed by atoms with E-state index in [1.165, 1.54) is 12.8 Å². The first-order valence-electron chi connectivity index (χ1n) is 7.50. The molecule has 0 N–H and O–H groups in total. The van der Waals surface area contributed by atoms with Gasteiger partial charge in [-0.1, -0.05) is 95.8 Å². The van der Waals surface area contributed by atoms with Crippen molar-refractivity contribution < 1.29 is 0 Å². The second kappa shape index (κ2) is 6.56. The van der Waals surface area contributed by atoms with Gasteiger partial charge in [-0.05, 0) is 10.6 Å². The second-order valence-corrected chi connectivity index (χ2v) is 11.2. The van der Waals surface area contributed by atoms with E-state index in [1.54, 1.807) is 5.56 Å². The van der Waals surface area contributed by atoms with E-state index in [-0.39, 0.29) is 0 Å². The van der Waals surface area contributed by atoms with Crippen LogP contribution in [0.3, 0.4) is 0 Å². The second-order valence-electron chi connectivity index (χ2n) is 6.38. The Bertz CT molecular complexity index is 332. The van der Waals surface area contributed by atoms with Crippen molar-refractivity contribution in [3.8, 4) is 0 Å². The molecule has 0 amide bonds. The fourth-order valence-electron chi connectivity index (χ4n) is 3.55. The monoisotopic (exact) mass is 262 g/mol. The first kappa shape index (κ1) is 15.5. The van der Waals surface area contributed by atoms with Gasteiger partial charge in [0.1, 0.15) is 0 Å². The third-order valence-electron chi connectivity index (χ3n) is 4.87. The zero-order valence-corrected chi connectivity index (χ0v) is 14.2. The van der Waals surface area contributed by atoms with Gasteiger partial charge in [0.05, 0.1) is 8.80 Å². The smallest absolute Gasteiger partial charge is 0.0536 e. The van der Waals surface area contributed by atoms with Crippen LogP contribution in [0, 0.1) is 0 Å². The van der Waals surface area contributed by atoms with Gasteiger partial charge in [-0.2, -0.15) is 0 Å². The summed E-state index contributed by atoms with van der Waals surface area (Å²) < 4.78 is 0. The van der Waals surface area contributed by atoms with Crippen LogP contribution >= 0.6 is 0 Å². The molecule has 0 aromatic heterocycles. The molecule has 0 aliphatic rings. The molecular formula is C17H30Si. The summed E-state index contributed by atoms with van der Waals surface area (Å²) >= 11 is 0. The van der Waals surface area contributed by atoms with Crippen LogP contribution in [0.15, 0.2) is 30.3 Å². The SMILES string of the molecule is CCC(C)[SiH](C(C)CC)C(C)(C)c1ccccc1.